The number of carbonyl (C=O) groups excluding carboxylic acids is 4. The first-order chi connectivity index (χ1) is 21.8. The van der Waals surface area contributed by atoms with Gasteiger partial charge in [-0.05, 0) is 92.6 Å². The molecule has 0 amide bonds. The number of hydrogen-bond donors (Lipinski definition) is 1. The van der Waals surface area contributed by atoms with Crippen LogP contribution in [0.25, 0.3) is 0 Å². The smallest absolute Gasteiger partial charge is 0.493 e. The minimum Gasteiger partial charge on any atom is -0.493 e. The van der Waals surface area contributed by atoms with E-state index in [9.17, 15) is 24.3 Å². The van der Waals surface area contributed by atoms with Crippen molar-refractivity contribution in [1.29, 1.82) is 0 Å². The van der Waals surface area contributed by atoms with E-state index in [4.69, 9.17) is 33.2 Å². The zero-order valence-corrected chi connectivity index (χ0v) is 28.5. The number of ether oxygens (including phenoxy) is 7. The van der Waals surface area contributed by atoms with Crippen molar-refractivity contribution in [3.8, 4) is 11.5 Å². The van der Waals surface area contributed by atoms with Gasteiger partial charge in [0.05, 0.1) is 24.5 Å². The van der Waals surface area contributed by atoms with E-state index in [1.54, 1.807) is 47.6 Å². The summed E-state index contributed by atoms with van der Waals surface area (Å²) < 4.78 is 38.9. The van der Waals surface area contributed by atoms with Crippen LogP contribution in [0.2, 0.25) is 0 Å². The average Bonchev–Trinajstić information content (AvgIpc) is 3.30. The fraction of sp³-hybridized carbons (Fsp3) is 0.647. The number of likely N-dealkylation sites (N-methyl/N-ethyl adjacent to an activating group) is 1. The van der Waals surface area contributed by atoms with Crippen molar-refractivity contribution < 1.29 is 57.4 Å². The molecule has 6 atom stereocenters. The summed E-state index contributed by atoms with van der Waals surface area (Å²) in [5, 5.41) is 12.4. The van der Waals surface area contributed by atoms with Gasteiger partial charge >= 0.3 is 24.1 Å². The second-order valence-corrected chi connectivity index (χ2v) is 14.6. The van der Waals surface area contributed by atoms with Crippen molar-refractivity contribution in [1.82, 2.24) is 4.90 Å². The Morgan fingerprint density at radius 1 is 1.04 bits per heavy atom. The third kappa shape index (κ3) is 6.27. The normalized spacial score (nSPS) is 27.2. The number of piperidine rings is 1. The topological polar surface area (TPSA) is 156 Å². The van der Waals surface area contributed by atoms with Gasteiger partial charge in [0.2, 0.25) is 6.10 Å². The standard InChI is InChI=1S/C34H45NO12/c1-18(28(37)46-31(2,3)4)42-29(38)22(44-30(39)47-32(5,6)7)17-24(36)43-21-12-13-34(40)23-16-19-10-11-20(41-9)26-25(19)33(34,27(21)45-26)14-15-35(23)8/h10-12,18,22-23,27,40H,13-17H2,1-9H3/t18-,22-,23-,27-,33-,34+/m0/s1. The molecule has 2 bridgehead atoms. The first kappa shape index (κ1) is 34.5. The third-order valence-electron chi connectivity index (χ3n) is 9.06. The van der Waals surface area contributed by atoms with Gasteiger partial charge < -0.3 is 43.2 Å². The van der Waals surface area contributed by atoms with Crippen LogP contribution in [-0.4, -0.2) is 95.9 Å². The van der Waals surface area contributed by atoms with Crippen LogP contribution >= 0.6 is 0 Å². The summed E-state index contributed by atoms with van der Waals surface area (Å²) in [6, 6.07) is 3.62. The molecule has 2 aliphatic carbocycles. The van der Waals surface area contributed by atoms with Crippen LogP contribution in [0.4, 0.5) is 4.79 Å². The summed E-state index contributed by atoms with van der Waals surface area (Å²) in [5.41, 5.74) is -2.04. The van der Waals surface area contributed by atoms with Crippen LogP contribution < -0.4 is 9.47 Å². The Morgan fingerprint density at radius 3 is 2.36 bits per heavy atom. The van der Waals surface area contributed by atoms with Crippen LogP contribution in [0.15, 0.2) is 24.0 Å². The van der Waals surface area contributed by atoms with Crippen LogP contribution in [0.5, 0.6) is 11.5 Å². The fourth-order valence-corrected chi connectivity index (χ4v) is 7.16. The highest BCUT2D eigenvalue weighted by atomic mass is 16.7. The predicted molar refractivity (Wildman–Crippen MR) is 165 cm³/mol. The molecule has 2 aliphatic heterocycles. The minimum atomic E-state index is -1.81. The van der Waals surface area contributed by atoms with Crippen molar-refractivity contribution in [2.24, 2.45) is 0 Å². The molecule has 1 aromatic rings. The second kappa shape index (κ2) is 12.0. The maximum atomic E-state index is 13.5. The van der Waals surface area contributed by atoms with Crippen LogP contribution in [0.3, 0.4) is 0 Å². The predicted octanol–water partition coefficient (Wildman–Crippen LogP) is 3.50. The first-order valence-electron chi connectivity index (χ1n) is 15.8. The molecule has 258 valence electrons. The Labute approximate surface area is 274 Å². The summed E-state index contributed by atoms with van der Waals surface area (Å²) in [6.45, 7) is 11.8. The van der Waals surface area contributed by atoms with E-state index in [1.807, 2.05) is 19.2 Å². The minimum absolute atomic E-state index is 0.167. The molecule has 13 nitrogen and oxygen atoms in total. The lowest BCUT2D eigenvalue weighted by Crippen LogP contribution is -2.74. The first-order valence-corrected chi connectivity index (χ1v) is 15.8. The highest BCUT2D eigenvalue weighted by Crippen LogP contribution is 2.65. The molecule has 1 aromatic carbocycles. The van der Waals surface area contributed by atoms with Gasteiger partial charge in [-0.3, -0.25) is 4.79 Å². The van der Waals surface area contributed by atoms with Crippen molar-refractivity contribution in [3.05, 3.63) is 35.1 Å². The number of esters is 3. The zero-order chi connectivity index (χ0) is 34.7. The van der Waals surface area contributed by atoms with Gasteiger partial charge in [-0.2, -0.15) is 0 Å². The van der Waals surface area contributed by atoms with Crippen molar-refractivity contribution in [2.75, 3.05) is 20.7 Å². The largest absolute Gasteiger partial charge is 0.509 e. The number of benzene rings is 1. The molecule has 0 saturated carbocycles. The Hall–Kier alpha value is -3.84. The average molecular weight is 660 g/mol. The molecular formula is C34H45NO12. The van der Waals surface area contributed by atoms with E-state index in [0.29, 0.717) is 30.9 Å². The number of nitrogens with zero attached hydrogens (tertiary/aromatic N) is 1. The van der Waals surface area contributed by atoms with Crippen molar-refractivity contribution in [2.45, 2.75) is 121 Å². The van der Waals surface area contributed by atoms with E-state index in [-0.39, 0.29) is 18.2 Å². The van der Waals surface area contributed by atoms with E-state index in [2.05, 4.69) is 4.90 Å². The maximum absolute atomic E-state index is 13.5. The Kier molecular flexibility index (Phi) is 8.80. The van der Waals surface area contributed by atoms with Crippen LogP contribution in [0.1, 0.15) is 78.9 Å². The SMILES string of the molecule is COc1ccc2c3c1O[C@H]1C(OC(=O)C[C@H](OC(=O)OC(C)(C)C)C(=O)O[C@@H](C)C(=O)OC(C)(C)C)=CC[C@@]4(O)[C@H](C2)N(C)CC[C@]314. The highest BCUT2D eigenvalue weighted by Gasteiger charge is 2.72. The van der Waals surface area contributed by atoms with Gasteiger partial charge in [-0.1, -0.05) is 6.07 Å². The van der Waals surface area contributed by atoms with E-state index in [1.165, 1.54) is 14.0 Å². The lowest BCUT2D eigenvalue weighted by molar-refractivity contribution is -0.180. The Balaban J connectivity index is 1.39. The fourth-order valence-electron chi connectivity index (χ4n) is 7.16. The van der Waals surface area contributed by atoms with Gasteiger partial charge in [-0.25, -0.2) is 14.4 Å². The summed E-state index contributed by atoms with van der Waals surface area (Å²) in [6.07, 6.45) is -3.03. The van der Waals surface area contributed by atoms with E-state index < -0.39 is 71.0 Å². The van der Waals surface area contributed by atoms with Crippen molar-refractivity contribution >= 4 is 24.1 Å². The number of methoxy groups -OCH3 is 1. The summed E-state index contributed by atoms with van der Waals surface area (Å²) >= 11 is 0. The third-order valence-corrected chi connectivity index (χ3v) is 9.06. The maximum Gasteiger partial charge on any atom is 0.509 e. The molecule has 1 fully saturated rings. The van der Waals surface area contributed by atoms with E-state index in [0.717, 1.165) is 11.1 Å². The van der Waals surface area contributed by atoms with Gasteiger partial charge in [0.15, 0.2) is 23.7 Å². The Morgan fingerprint density at radius 2 is 1.72 bits per heavy atom. The molecule has 5 rings (SSSR count). The molecule has 13 heteroatoms. The van der Waals surface area contributed by atoms with Gasteiger partial charge in [0.1, 0.15) is 17.0 Å². The van der Waals surface area contributed by atoms with Crippen LogP contribution in [-0.2, 0) is 49.9 Å². The lowest BCUT2D eigenvalue weighted by Gasteiger charge is -2.61. The van der Waals surface area contributed by atoms with Crippen molar-refractivity contribution in [3.63, 3.8) is 0 Å². The Bertz CT molecular complexity index is 1490. The monoisotopic (exact) mass is 659 g/mol. The van der Waals surface area contributed by atoms with Gasteiger partial charge in [0, 0.05) is 18.0 Å². The molecule has 0 unspecified atom stereocenters. The summed E-state index contributed by atoms with van der Waals surface area (Å²) in [5.74, 6) is -1.74. The molecule has 1 N–H and O–H groups in total. The summed E-state index contributed by atoms with van der Waals surface area (Å²) in [4.78, 5) is 53.9. The molecular weight excluding hydrogens is 614 g/mol. The molecule has 0 aromatic heterocycles. The number of aliphatic hydroxyl groups is 1. The lowest BCUT2D eigenvalue weighted by atomic mass is 9.50. The van der Waals surface area contributed by atoms with Crippen LogP contribution in [0, 0.1) is 0 Å². The van der Waals surface area contributed by atoms with E-state index >= 15 is 0 Å². The van der Waals surface area contributed by atoms with Gasteiger partial charge in [-0.15, -0.1) is 0 Å². The number of carbonyl (C=O) groups is 4. The number of hydrogen-bond acceptors (Lipinski definition) is 13. The highest BCUT2D eigenvalue weighted by molar-refractivity contribution is 5.86. The number of likely N-dealkylation sites (tertiary alicyclic amines) is 1. The molecule has 2 heterocycles. The quantitative estimate of drug-likeness (QED) is 0.320. The molecule has 4 aliphatic rings. The zero-order valence-electron chi connectivity index (χ0n) is 28.5. The summed E-state index contributed by atoms with van der Waals surface area (Å²) in [7, 11) is 3.53. The van der Waals surface area contributed by atoms with Gasteiger partial charge in [0.25, 0.3) is 0 Å². The molecule has 1 spiro atoms. The molecule has 0 radical (unpaired) electrons. The molecule has 47 heavy (non-hydrogen) atoms. The second-order valence-electron chi connectivity index (χ2n) is 14.6. The number of rotatable bonds is 8. The molecule has 1 saturated heterocycles.